The third-order valence-electron chi connectivity index (χ3n) is 1.59. The zero-order valence-corrected chi connectivity index (χ0v) is 6.71. The lowest BCUT2D eigenvalue weighted by Crippen LogP contribution is -2.14. The molecule has 0 saturated heterocycles. The SMILES string of the molecule is CC(CN)CC(C)CN=O. The fraction of sp³-hybridized carbons (Fsp3) is 1.00. The monoisotopic (exact) mass is 144 g/mol. The second-order valence-electron chi connectivity index (χ2n) is 2.99. The molecule has 2 N–H and O–H groups in total. The summed E-state index contributed by atoms with van der Waals surface area (Å²) in [5.74, 6) is 0.896. The highest BCUT2D eigenvalue weighted by Crippen LogP contribution is 2.10. The average molecular weight is 144 g/mol. The molecule has 0 aromatic heterocycles. The van der Waals surface area contributed by atoms with E-state index in [4.69, 9.17) is 5.73 Å². The molecule has 3 nitrogen and oxygen atoms in total. The molecular formula is C7H16N2O. The van der Waals surface area contributed by atoms with Crippen molar-refractivity contribution in [2.45, 2.75) is 20.3 Å². The molecule has 0 aliphatic carbocycles. The molecule has 0 saturated carbocycles. The first kappa shape index (κ1) is 9.56. The summed E-state index contributed by atoms with van der Waals surface area (Å²) in [5.41, 5.74) is 5.41. The maximum absolute atomic E-state index is 9.80. The van der Waals surface area contributed by atoms with E-state index in [2.05, 4.69) is 12.1 Å². The molecule has 0 radical (unpaired) electrons. The number of nitrogens with two attached hydrogens (primary N) is 1. The maximum Gasteiger partial charge on any atom is 0.0836 e. The van der Waals surface area contributed by atoms with Crippen LogP contribution in [0, 0.1) is 16.7 Å². The summed E-state index contributed by atoms with van der Waals surface area (Å²) < 4.78 is 0. The van der Waals surface area contributed by atoms with Crippen molar-refractivity contribution in [3.8, 4) is 0 Å². The molecule has 0 rings (SSSR count). The van der Waals surface area contributed by atoms with Crippen molar-refractivity contribution < 1.29 is 0 Å². The molecule has 60 valence electrons. The Morgan fingerprint density at radius 1 is 1.40 bits per heavy atom. The lowest BCUT2D eigenvalue weighted by molar-refractivity contribution is 0.428. The van der Waals surface area contributed by atoms with Crippen molar-refractivity contribution in [3.63, 3.8) is 0 Å². The predicted molar refractivity (Wildman–Crippen MR) is 42.7 cm³/mol. The Bertz CT molecular complexity index is 95.6. The molecule has 0 aromatic rings. The van der Waals surface area contributed by atoms with Gasteiger partial charge in [-0.25, -0.2) is 0 Å². The standard InChI is InChI=1S/C7H16N2O/c1-6(4-8)3-7(2)5-9-10/h6-7H,3-5,8H2,1-2H3. The molecular weight excluding hydrogens is 128 g/mol. The third-order valence-corrected chi connectivity index (χ3v) is 1.59. The molecule has 2 unspecified atom stereocenters. The summed E-state index contributed by atoms with van der Waals surface area (Å²) in [4.78, 5) is 9.80. The second kappa shape index (κ2) is 5.35. The normalized spacial score (nSPS) is 16.3. The fourth-order valence-corrected chi connectivity index (χ4v) is 0.985. The van der Waals surface area contributed by atoms with Crippen molar-refractivity contribution in [1.82, 2.24) is 0 Å². The molecule has 0 amide bonds. The van der Waals surface area contributed by atoms with Crippen molar-refractivity contribution in [1.29, 1.82) is 0 Å². The van der Waals surface area contributed by atoms with E-state index in [-0.39, 0.29) is 0 Å². The topological polar surface area (TPSA) is 55.4 Å². The van der Waals surface area contributed by atoms with E-state index in [9.17, 15) is 4.91 Å². The minimum atomic E-state index is 0.385. The lowest BCUT2D eigenvalue weighted by atomic mass is 9.98. The second-order valence-corrected chi connectivity index (χ2v) is 2.99. The first-order valence-electron chi connectivity index (χ1n) is 3.69. The molecule has 0 fully saturated rings. The predicted octanol–water partition coefficient (Wildman–Crippen LogP) is 1.37. The van der Waals surface area contributed by atoms with Crippen molar-refractivity contribution >= 4 is 0 Å². The maximum atomic E-state index is 9.80. The summed E-state index contributed by atoms with van der Waals surface area (Å²) in [5, 5.41) is 2.83. The summed E-state index contributed by atoms with van der Waals surface area (Å²) in [6.45, 7) is 5.22. The summed E-state index contributed by atoms with van der Waals surface area (Å²) in [6, 6.07) is 0. The minimum absolute atomic E-state index is 0.385. The van der Waals surface area contributed by atoms with Gasteiger partial charge in [-0.3, -0.25) is 0 Å². The molecule has 0 heterocycles. The highest BCUT2D eigenvalue weighted by Gasteiger charge is 2.06. The van der Waals surface area contributed by atoms with E-state index in [1.807, 2.05) is 6.92 Å². The first-order chi connectivity index (χ1) is 4.70. The Labute approximate surface area is 62.0 Å². The summed E-state index contributed by atoms with van der Waals surface area (Å²) in [6.07, 6.45) is 1.00. The summed E-state index contributed by atoms with van der Waals surface area (Å²) >= 11 is 0. The fourth-order valence-electron chi connectivity index (χ4n) is 0.985. The van der Waals surface area contributed by atoms with Gasteiger partial charge in [-0.1, -0.05) is 19.0 Å². The zero-order valence-electron chi connectivity index (χ0n) is 6.71. The van der Waals surface area contributed by atoms with E-state index in [1.165, 1.54) is 0 Å². The Hall–Kier alpha value is -0.440. The van der Waals surface area contributed by atoms with Crippen LogP contribution in [0.2, 0.25) is 0 Å². The van der Waals surface area contributed by atoms with Crippen LogP contribution in [0.3, 0.4) is 0 Å². The van der Waals surface area contributed by atoms with E-state index < -0.39 is 0 Å². The Balaban J connectivity index is 3.35. The van der Waals surface area contributed by atoms with Gasteiger partial charge in [0.25, 0.3) is 0 Å². The molecule has 0 bridgehead atoms. The number of nitroso groups, excluding NO2 is 1. The van der Waals surface area contributed by atoms with Gasteiger partial charge in [-0.2, -0.15) is 4.91 Å². The quantitative estimate of drug-likeness (QED) is 0.592. The summed E-state index contributed by atoms with van der Waals surface area (Å²) in [7, 11) is 0. The minimum Gasteiger partial charge on any atom is -0.330 e. The number of hydrogen-bond donors (Lipinski definition) is 1. The van der Waals surface area contributed by atoms with Crippen LogP contribution < -0.4 is 5.73 Å². The van der Waals surface area contributed by atoms with Gasteiger partial charge in [0.15, 0.2) is 0 Å². The third kappa shape index (κ3) is 4.44. The van der Waals surface area contributed by atoms with Crippen LogP contribution in [0.15, 0.2) is 5.18 Å². The molecule has 2 atom stereocenters. The van der Waals surface area contributed by atoms with E-state index in [0.717, 1.165) is 6.42 Å². The highest BCUT2D eigenvalue weighted by atomic mass is 16.3. The van der Waals surface area contributed by atoms with Crippen LogP contribution in [0.5, 0.6) is 0 Å². The first-order valence-corrected chi connectivity index (χ1v) is 3.69. The van der Waals surface area contributed by atoms with E-state index in [1.54, 1.807) is 0 Å². The molecule has 10 heavy (non-hydrogen) atoms. The van der Waals surface area contributed by atoms with Gasteiger partial charge >= 0.3 is 0 Å². The largest absolute Gasteiger partial charge is 0.330 e. The van der Waals surface area contributed by atoms with E-state index in [0.29, 0.717) is 24.9 Å². The van der Waals surface area contributed by atoms with Gasteiger partial charge in [0.1, 0.15) is 0 Å². The molecule has 3 heteroatoms. The van der Waals surface area contributed by atoms with Gasteiger partial charge in [0, 0.05) is 0 Å². The van der Waals surface area contributed by atoms with Gasteiger partial charge in [0.05, 0.1) is 6.54 Å². The van der Waals surface area contributed by atoms with Crippen LogP contribution in [0.25, 0.3) is 0 Å². The van der Waals surface area contributed by atoms with Crippen LogP contribution in [0.4, 0.5) is 0 Å². The molecule has 0 aliphatic rings. The van der Waals surface area contributed by atoms with Crippen molar-refractivity contribution in [2.75, 3.05) is 13.1 Å². The zero-order chi connectivity index (χ0) is 7.98. The van der Waals surface area contributed by atoms with Crippen LogP contribution in [-0.4, -0.2) is 13.1 Å². The smallest absolute Gasteiger partial charge is 0.0836 e. The van der Waals surface area contributed by atoms with Gasteiger partial charge < -0.3 is 5.73 Å². The molecule has 0 spiro atoms. The van der Waals surface area contributed by atoms with Crippen molar-refractivity contribution in [3.05, 3.63) is 4.91 Å². The van der Waals surface area contributed by atoms with Gasteiger partial charge in [0.2, 0.25) is 0 Å². The van der Waals surface area contributed by atoms with Crippen LogP contribution >= 0.6 is 0 Å². The van der Waals surface area contributed by atoms with Crippen molar-refractivity contribution in [2.24, 2.45) is 22.7 Å². The lowest BCUT2D eigenvalue weighted by Gasteiger charge is -2.11. The van der Waals surface area contributed by atoms with E-state index >= 15 is 0 Å². The van der Waals surface area contributed by atoms with Crippen LogP contribution in [-0.2, 0) is 0 Å². The molecule has 0 aliphatic heterocycles. The van der Waals surface area contributed by atoms with Gasteiger partial charge in [-0.05, 0) is 24.8 Å². The average Bonchev–Trinajstić information content (AvgIpc) is 1.88. The van der Waals surface area contributed by atoms with Gasteiger partial charge in [-0.15, -0.1) is 0 Å². The number of rotatable bonds is 5. The Kier molecular flexibility index (Phi) is 5.12. The Morgan fingerprint density at radius 2 is 2.00 bits per heavy atom. The Morgan fingerprint density at radius 3 is 2.40 bits per heavy atom. The number of hydrogen-bond acceptors (Lipinski definition) is 3. The highest BCUT2D eigenvalue weighted by molar-refractivity contribution is 4.61. The van der Waals surface area contributed by atoms with Crippen LogP contribution in [0.1, 0.15) is 20.3 Å². The molecule has 0 aromatic carbocycles. The number of nitrogens with zero attached hydrogens (tertiary/aromatic N) is 1.